The Balaban J connectivity index is 1.27. The summed E-state index contributed by atoms with van der Waals surface area (Å²) in [7, 11) is 0. The molecule has 4 N–H and O–H groups in total. The molecule has 6 unspecified atom stereocenters. The Kier molecular flexibility index (Phi) is 10.1. The SMILES string of the molecule is C=C(C)C(=C)OCC1OC(SCC(C)C(=O)OCCc2ccc(O)c(-n3nc4ccccc4n3)c2)C(O)C(O)C1O. The second kappa shape index (κ2) is 13.5. The van der Waals surface area contributed by atoms with E-state index in [1.165, 1.54) is 4.80 Å². The Morgan fingerprint density at radius 2 is 1.76 bits per heavy atom. The quantitative estimate of drug-likeness (QED) is 0.141. The third-order valence-electron chi connectivity index (χ3n) is 6.66. The summed E-state index contributed by atoms with van der Waals surface area (Å²) in [5.74, 6) is -0.362. The number of hydrogen-bond donors (Lipinski definition) is 4. The number of esters is 1. The predicted octanol–water partition coefficient (Wildman–Crippen LogP) is 2.50. The van der Waals surface area contributed by atoms with Gasteiger partial charge in [-0.15, -0.1) is 26.8 Å². The van der Waals surface area contributed by atoms with E-state index in [-0.39, 0.29) is 24.7 Å². The number of phenols is 1. The number of rotatable bonds is 12. The van der Waals surface area contributed by atoms with Crippen LogP contribution in [0.4, 0.5) is 0 Å². The summed E-state index contributed by atoms with van der Waals surface area (Å²) in [6.45, 7) is 10.9. The van der Waals surface area contributed by atoms with Gasteiger partial charge in [0.15, 0.2) is 0 Å². The molecule has 220 valence electrons. The van der Waals surface area contributed by atoms with Crippen LogP contribution in [-0.4, -0.2) is 90.2 Å². The lowest BCUT2D eigenvalue weighted by Gasteiger charge is -2.40. The molecule has 1 aromatic heterocycles. The number of nitrogens with zero attached hydrogens (tertiary/aromatic N) is 3. The summed E-state index contributed by atoms with van der Waals surface area (Å²) in [5.41, 5.74) is 2.37. The van der Waals surface area contributed by atoms with Crippen molar-refractivity contribution >= 4 is 28.8 Å². The van der Waals surface area contributed by atoms with Crippen LogP contribution in [0.15, 0.2) is 67.0 Å². The second-order valence-electron chi connectivity index (χ2n) is 9.98. The average molecular weight is 586 g/mol. The van der Waals surface area contributed by atoms with Crippen LogP contribution in [-0.2, 0) is 25.4 Å². The molecule has 4 rings (SSSR count). The number of carbonyl (C=O) groups is 1. The van der Waals surface area contributed by atoms with Gasteiger partial charge in [-0.05, 0) is 42.3 Å². The van der Waals surface area contributed by atoms with Crippen molar-refractivity contribution in [3.8, 4) is 11.4 Å². The third-order valence-corrected chi connectivity index (χ3v) is 8.07. The maximum Gasteiger partial charge on any atom is 0.309 e. The van der Waals surface area contributed by atoms with E-state index in [1.54, 1.807) is 32.0 Å². The number of phenolic OH excluding ortho intramolecular Hbond substituents is 1. The highest BCUT2D eigenvalue weighted by molar-refractivity contribution is 7.99. The minimum Gasteiger partial charge on any atom is -0.506 e. The van der Waals surface area contributed by atoms with Crippen LogP contribution in [0, 0.1) is 5.92 Å². The molecule has 3 aromatic rings. The first-order valence-electron chi connectivity index (χ1n) is 13.1. The first-order chi connectivity index (χ1) is 19.5. The van der Waals surface area contributed by atoms with Gasteiger partial charge in [-0.3, -0.25) is 4.79 Å². The Hall–Kier alpha value is -3.42. The first kappa shape index (κ1) is 30.5. The number of aromatic hydroxyl groups is 1. The van der Waals surface area contributed by atoms with E-state index in [1.807, 2.05) is 24.3 Å². The molecule has 41 heavy (non-hydrogen) atoms. The number of aliphatic hydroxyl groups is 3. The van der Waals surface area contributed by atoms with Crippen LogP contribution in [0.25, 0.3) is 16.7 Å². The molecule has 0 saturated carbocycles. The van der Waals surface area contributed by atoms with Gasteiger partial charge in [-0.2, -0.15) is 0 Å². The Morgan fingerprint density at radius 1 is 1.07 bits per heavy atom. The molecule has 11 nitrogen and oxygen atoms in total. The van der Waals surface area contributed by atoms with Crippen LogP contribution >= 0.6 is 11.8 Å². The van der Waals surface area contributed by atoms with Gasteiger partial charge < -0.3 is 34.6 Å². The zero-order valence-corrected chi connectivity index (χ0v) is 23.7. The van der Waals surface area contributed by atoms with Crippen LogP contribution < -0.4 is 0 Å². The molecule has 0 aliphatic carbocycles. The van der Waals surface area contributed by atoms with Gasteiger partial charge in [-0.25, -0.2) is 0 Å². The smallest absolute Gasteiger partial charge is 0.309 e. The Labute approximate surface area is 242 Å². The molecule has 1 aliphatic heterocycles. The van der Waals surface area contributed by atoms with Crippen molar-refractivity contribution in [2.75, 3.05) is 19.0 Å². The van der Waals surface area contributed by atoms with Crippen molar-refractivity contribution in [2.45, 2.75) is 50.1 Å². The largest absolute Gasteiger partial charge is 0.506 e. The van der Waals surface area contributed by atoms with Gasteiger partial charge in [0.25, 0.3) is 0 Å². The number of aliphatic hydroxyl groups excluding tert-OH is 3. The maximum absolute atomic E-state index is 12.6. The molecule has 6 atom stereocenters. The van der Waals surface area contributed by atoms with E-state index in [0.29, 0.717) is 34.5 Å². The van der Waals surface area contributed by atoms with E-state index < -0.39 is 41.7 Å². The molecular weight excluding hydrogens is 550 g/mol. The van der Waals surface area contributed by atoms with Crippen molar-refractivity contribution in [3.63, 3.8) is 0 Å². The molecule has 2 aromatic carbocycles. The van der Waals surface area contributed by atoms with Crippen molar-refractivity contribution < 1.29 is 39.4 Å². The summed E-state index contributed by atoms with van der Waals surface area (Å²) in [5, 5.41) is 50.2. The zero-order chi connectivity index (χ0) is 29.7. The number of carbonyl (C=O) groups excluding carboxylic acids is 1. The second-order valence-corrected chi connectivity index (χ2v) is 11.1. The molecule has 1 saturated heterocycles. The Morgan fingerprint density at radius 3 is 2.41 bits per heavy atom. The summed E-state index contributed by atoms with van der Waals surface area (Å²) >= 11 is 1.14. The lowest BCUT2D eigenvalue weighted by molar-refractivity contribution is -0.206. The minimum atomic E-state index is -1.44. The summed E-state index contributed by atoms with van der Waals surface area (Å²) in [6.07, 6.45) is -4.66. The van der Waals surface area contributed by atoms with E-state index in [4.69, 9.17) is 14.2 Å². The fourth-order valence-corrected chi connectivity index (χ4v) is 5.26. The minimum absolute atomic E-state index is 0.0241. The Bertz CT molecular complexity index is 1360. The third kappa shape index (κ3) is 7.46. The first-order valence-corrected chi connectivity index (χ1v) is 14.2. The van der Waals surface area contributed by atoms with Gasteiger partial charge in [-0.1, -0.05) is 38.3 Å². The van der Waals surface area contributed by atoms with Crippen LogP contribution in [0.1, 0.15) is 19.4 Å². The number of fused-ring (bicyclic) bond motifs is 1. The van der Waals surface area contributed by atoms with Gasteiger partial charge in [0.1, 0.15) is 64.7 Å². The van der Waals surface area contributed by atoms with Crippen LogP contribution in [0.3, 0.4) is 0 Å². The molecule has 0 bridgehead atoms. The molecular formula is C29H35N3O8S. The highest BCUT2D eigenvalue weighted by Gasteiger charge is 2.44. The topological polar surface area (TPSA) is 156 Å². The number of ether oxygens (including phenoxy) is 3. The number of hydrogen-bond acceptors (Lipinski definition) is 11. The number of aromatic nitrogens is 3. The van der Waals surface area contributed by atoms with Gasteiger partial charge in [0.2, 0.25) is 0 Å². The van der Waals surface area contributed by atoms with Crippen molar-refractivity contribution in [1.29, 1.82) is 0 Å². The number of thioether (sulfide) groups is 1. The van der Waals surface area contributed by atoms with E-state index in [9.17, 15) is 25.2 Å². The van der Waals surface area contributed by atoms with Gasteiger partial charge in [0, 0.05) is 12.2 Å². The maximum atomic E-state index is 12.6. The van der Waals surface area contributed by atoms with E-state index in [0.717, 1.165) is 17.3 Å². The van der Waals surface area contributed by atoms with Crippen LogP contribution in [0.5, 0.6) is 5.75 Å². The number of allylic oxidation sites excluding steroid dienone is 1. The fourth-order valence-electron chi connectivity index (χ4n) is 4.07. The lowest BCUT2D eigenvalue weighted by Crippen LogP contribution is -2.57. The van der Waals surface area contributed by atoms with Gasteiger partial charge >= 0.3 is 5.97 Å². The number of benzene rings is 2. The van der Waals surface area contributed by atoms with Crippen LogP contribution in [0.2, 0.25) is 0 Å². The standard InChI is InChI=1S/C29H35N3O8S/c1-16(2)18(4)39-14-24-25(34)26(35)27(36)29(40-24)41-15-17(3)28(37)38-12-11-19-9-10-23(33)22(13-19)32-30-20-7-5-6-8-21(20)31-32/h5-10,13,17,24-27,29,33-36H,1,4,11-12,14-15H2,2-3H3. The molecule has 0 spiro atoms. The molecule has 2 heterocycles. The summed E-state index contributed by atoms with van der Waals surface area (Å²) in [6, 6.07) is 12.4. The van der Waals surface area contributed by atoms with E-state index in [2.05, 4.69) is 23.4 Å². The highest BCUT2D eigenvalue weighted by atomic mass is 32.2. The molecule has 0 amide bonds. The predicted molar refractivity (Wildman–Crippen MR) is 153 cm³/mol. The molecule has 1 fully saturated rings. The fraction of sp³-hybridized carbons (Fsp3) is 0.414. The normalized spacial score (nSPS) is 23.2. The zero-order valence-electron chi connectivity index (χ0n) is 22.9. The molecule has 1 aliphatic rings. The van der Waals surface area contributed by atoms with Crippen molar-refractivity contribution in [2.24, 2.45) is 5.92 Å². The van der Waals surface area contributed by atoms with Crippen molar-refractivity contribution in [3.05, 3.63) is 72.5 Å². The molecule has 0 radical (unpaired) electrons. The van der Waals surface area contributed by atoms with E-state index >= 15 is 0 Å². The average Bonchev–Trinajstić information content (AvgIpc) is 3.39. The highest BCUT2D eigenvalue weighted by Crippen LogP contribution is 2.30. The summed E-state index contributed by atoms with van der Waals surface area (Å²) in [4.78, 5) is 14.0. The summed E-state index contributed by atoms with van der Waals surface area (Å²) < 4.78 is 16.7. The lowest BCUT2D eigenvalue weighted by atomic mass is 10.0. The monoisotopic (exact) mass is 585 g/mol. The van der Waals surface area contributed by atoms with Gasteiger partial charge in [0.05, 0.1) is 12.5 Å². The molecule has 12 heteroatoms. The van der Waals surface area contributed by atoms with Crippen molar-refractivity contribution in [1.82, 2.24) is 15.0 Å².